The molecule has 0 fully saturated rings. The van der Waals surface area contributed by atoms with Crippen molar-refractivity contribution in [3.8, 4) is 5.75 Å². The molecule has 6 heteroatoms. The molecule has 1 heterocycles. The standard InChI is InChI=1S/C16H19FN2O3/c1-3-22-16(20)12(14-10-18-6-7-19-14)8-11-4-5-15(21-2)13(17)9-11/h4-7,9-10,12,14,19H,3,8H2,1-2H3. The van der Waals surface area contributed by atoms with Crippen molar-refractivity contribution in [1.82, 2.24) is 5.32 Å². The molecule has 2 unspecified atom stereocenters. The lowest BCUT2D eigenvalue weighted by atomic mass is 9.92. The van der Waals surface area contributed by atoms with Crippen LogP contribution in [0.25, 0.3) is 0 Å². The molecule has 0 aromatic heterocycles. The topological polar surface area (TPSA) is 59.9 Å². The van der Waals surface area contributed by atoms with Crippen molar-refractivity contribution in [3.63, 3.8) is 0 Å². The zero-order chi connectivity index (χ0) is 15.9. The van der Waals surface area contributed by atoms with Crippen LogP contribution in [-0.2, 0) is 16.0 Å². The Labute approximate surface area is 128 Å². The van der Waals surface area contributed by atoms with Crippen LogP contribution in [-0.4, -0.2) is 31.9 Å². The van der Waals surface area contributed by atoms with Gasteiger partial charge in [0, 0.05) is 18.6 Å². The average molecular weight is 306 g/mol. The summed E-state index contributed by atoms with van der Waals surface area (Å²) in [5.41, 5.74) is 0.695. The van der Waals surface area contributed by atoms with E-state index in [4.69, 9.17) is 9.47 Å². The molecule has 0 bridgehead atoms. The Kier molecular flexibility index (Phi) is 5.52. The molecule has 118 valence electrons. The molecule has 0 aliphatic carbocycles. The number of carbonyl (C=O) groups is 1. The van der Waals surface area contributed by atoms with Gasteiger partial charge in [0.2, 0.25) is 0 Å². The Morgan fingerprint density at radius 2 is 2.32 bits per heavy atom. The SMILES string of the molecule is CCOC(=O)C(Cc1ccc(OC)c(F)c1)C1C=NC=CN1. The average Bonchev–Trinajstić information content (AvgIpc) is 2.54. The maximum absolute atomic E-state index is 13.8. The molecule has 0 radical (unpaired) electrons. The Hall–Kier alpha value is -2.37. The maximum Gasteiger partial charge on any atom is 0.311 e. The minimum atomic E-state index is -0.485. The van der Waals surface area contributed by atoms with Crippen LogP contribution < -0.4 is 10.1 Å². The van der Waals surface area contributed by atoms with Crippen LogP contribution in [0.15, 0.2) is 35.6 Å². The van der Waals surface area contributed by atoms with Crippen LogP contribution in [0.5, 0.6) is 5.75 Å². The zero-order valence-electron chi connectivity index (χ0n) is 12.6. The minimum Gasteiger partial charge on any atom is -0.494 e. The van der Waals surface area contributed by atoms with Crippen molar-refractivity contribution >= 4 is 12.2 Å². The second kappa shape index (κ2) is 7.59. The van der Waals surface area contributed by atoms with Gasteiger partial charge < -0.3 is 14.8 Å². The number of nitrogens with zero attached hydrogens (tertiary/aromatic N) is 1. The molecule has 1 aromatic carbocycles. The van der Waals surface area contributed by atoms with Gasteiger partial charge in [0.15, 0.2) is 11.6 Å². The highest BCUT2D eigenvalue weighted by Crippen LogP contribution is 2.21. The highest BCUT2D eigenvalue weighted by atomic mass is 19.1. The quantitative estimate of drug-likeness (QED) is 0.817. The van der Waals surface area contributed by atoms with Gasteiger partial charge in [-0.3, -0.25) is 9.79 Å². The van der Waals surface area contributed by atoms with E-state index < -0.39 is 11.7 Å². The third kappa shape index (κ3) is 3.84. The molecule has 2 atom stereocenters. The molecule has 22 heavy (non-hydrogen) atoms. The van der Waals surface area contributed by atoms with Crippen LogP contribution in [0.4, 0.5) is 4.39 Å². The molecular formula is C16H19FN2O3. The number of ether oxygens (including phenoxy) is 2. The number of halogens is 1. The Morgan fingerprint density at radius 1 is 1.50 bits per heavy atom. The number of esters is 1. The first-order valence-corrected chi connectivity index (χ1v) is 7.09. The van der Waals surface area contributed by atoms with Gasteiger partial charge in [-0.1, -0.05) is 6.07 Å². The van der Waals surface area contributed by atoms with Crippen molar-refractivity contribution in [2.45, 2.75) is 19.4 Å². The summed E-state index contributed by atoms with van der Waals surface area (Å²) in [5.74, 6) is -1.09. The first-order chi connectivity index (χ1) is 10.7. The summed E-state index contributed by atoms with van der Waals surface area (Å²) in [6, 6.07) is 4.38. The van der Waals surface area contributed by atoms with E-state index in [9.17, 15) is 9.18 Å². The van der Waals surface area contributed by atoms with Gasteiger partial charge >= 0.3 is 5.97 Å². The number of methoxy groups -OCH3 is 1. The Bertz CT molecular complexity index is 587. The molecule has 2 rings (SSSR count). The van der Waals surface area contributed by atoms with E-state index in [1.54, 1.807) is 37.7 Å². The summed E-state index contributed by atoms with van der Waals surface area (Å²) in [4.78, 5) is 16.2. The summed E-state index contributed by atoms with van der Waals surface area (Å²) in [5, 5.41) is 3.07. The number of nitrogens with one attached hydrogen (secondary N) is 1. The van der Waals surface area contributed by atoms with Crippen molar-refractivity contribution in [3.05, 3.63) is 42.0 Å². The molecule has 0 spiro atoms. The number of aliphatic imine (C=N–C) groups is 1. The van der Waals surface area contributed by atoms with Gasteiger partial charge in [-0.2, -0.15) is 0 Å². The Balaban J connectivity index is 2.18. The van der Waals surface area contributed by atoms with Gasteiger partial charge in [0.1, 0.15) is 0 Å². The van der Waals surface area contributed by atoms with E-state index in [-0.39, 0.29) is 17.8 Å². The summed E-state index contributed by atoms with van der Waals surface area (Å²) >= 11 is 0. The molecule has 1 aliphatic rings. The molecule has 5 nitrogen and oxygen atoms in total. The number of benzene rings is 1. The lowest BCUT2D eigenvalue weighted by molar-refractivity contribution is -0.148. The molecule has 1 aromatic rings. The first kappa shape index (κ1) is 16.0. The Morgan fingerprint density at radius 3 is 2.91 bits per heavy atom. The third-order valence-corrected chi connectivity index (χ3v) is 3.39. The number of carbonyl (C=O) groups excluding carboxylic acids is 1. The monoisotopic (exact) mass is 306 g/mol. The normalized spacial score (nSPS) is 17.7. The summed E-state index contributed by atoms with van der Waals surface area (Å²) < 4.78 is 23.8. The molecular weight excluding hydrogens is 287 g/mol. The van der Waals surface area contributed by atoms with E-state index in [0.29, 0.717) is 18.6 Å². The van der Waals surface area contributed by atoms with Crippen molar-refractivity contribution in [2.75, 3.05) is 13.7 Å². The van der Waals surface area contributed by atoms with E-state index >= 15 is 0 Å². The largest absolute Gasteiger partial charge is 0.494 e. The molecule has 0 saturated carbocycles. The van der Waals surface area contributed by atoms with E-state index in [2.05, 4.69) is 10.3 Å². The van der Waals surface area contributed by atoms with E-state index in [1.165, 1.54) is 13.2 Å². The molecule has 0 saturated heterocycles. The number of hydrogen-bond acceptors (Lipinski definition) is 5. The van der Waals surface area contributed by atoms with Crippen molar-refractivity contribution in [1.29, 1.82) is 0 Å². The van der Waals surface area contributed by atoms with Crippen LogP contribution in [0.2, 0.25) is 0 Å². The molecule has 0 amide bonds. The van der Waals surface area contributed by atoms with Crippen molar-refractivity contribution in [2.24, 2.45) is 10.9 Å². The summed E-state index contributed by atoms with van der Waals surface area (Å²) in [6.45, 7) is 2.05. The van der Waals surface area contributed by atoms with Gasteiger partial charge in [0.25, 0.3) is 0 Å². The second-order valence-electron chi connectivity index (χ2n) is 4.84. The van der Waals surface area contributed by atoms with Gasteiger partial charge in [-0.05, 0) is 31.0 Å². The highest BCUT2D eigenvalue weighted by molar-refractivity contribution is 5.81. The van der Waals surface area contributed by atoms with E-state index in [0.717, 1.165) is 0 Å². The van der Waals surface area contributed by atoms with Crippen molar-refractivity contribution < 1.29 is 18.7 Å². The predicted molar refractivity (Wildman–Crippen MR) is 81.3 cm³/mol. The van der Waals surface area contributed by atoms with Crippen LogP contribution in [0.1, 0.15) is 12.5 Å². The first-order valence-electron chi connectivity index (χ1n) is 7.09. The fourth-order valence-corrected chi connectivity index (χ4v) is 2.30. The van der Waals surface area contributed by atoms with Crippen LogP contribution in [0.3, 0.4) is 0 Å². The summed E-state index contributed by atoms with van der Waals surface area (Å²) in [7, 11) is 1.41. The van der Waals surface area contributed by atoms with Gasteiger partial charge in [-0.25, -0.2) is 4.39 Å². The third-order valence-electron chi connectivity index (χ3n) is 3.39. The lowest BCUT2D eigenvalue weighted by Gasteiger charge is -2.24. The van der Waals surface area contributed by atoms with E-state index in [1.807, 2.05) is 0 Å². The van der Waals surface area contributed by atoms with Crippen LogP contribution >= 0.6 is 0 Å². The molecule has 1 N–H and O–H groups in total. The fourth-order valence-electron chi connectivity index (χ4n) is 2.30. The lowest BCUT2D eigenvalue weighted by Crippen LogP contribution is -2.42. The number of rotatable bonds is 6. The number of hydrogen-bond donors (Lipinski definition) is 1. The van der Waals surface area contributed by atoms with Crippen LogP contribution in [0, 0.1) is 11.7 Å². The predicted octanol–water partition coefficient (Wildman–Crippen LogP) is 2.07. The van der Waals surface area contributed by atoms with Gasteiger partial charge in [-0.15, -0.1) is 0 Å². The fraction of sp³-hybridized carbons (Fsp3) is 0.375. The highest BCUT2D eigenvalue weighted by Gasteiger charge is 2.29. The maximum atomic E-state index is 13.8. The second-order valence-corrected chi connectivity index (χ2v) is 4.84. The van der Waals surface area contributed by atoms with Gasteiger partial charge in [0.05, 0.1) is 25.7 Å². The zero-order valence-corrected chi connectivity index (χ0v) is 12.6. The minimum absolute atomic E-state index is 0.178. The molecule has 1 aliphatic heterocycles. The summed E-state index contributed by atoms with van der Waals surface area (Å²) in [6.07, 6.45) is 5.27. The smallest absolute Gasteiger partial charge is 0.311 e.